The van der Waals surface area contributed by atoms with Gasteiger partial charge in [-0.15, -0.1) is 11.3 Å². The van der Waals surface area contributed by atoms with Crippen LogP contribution < -0.4 is 23.8 Å². The van der Waals surface area contributed by atoms with E-state index in [0.717, 1.165) is 10.4 Å². The zero-order valence-corrected chi connectivity index (χ0v) is 21.8. The number of amides is 1. The Balaban J connectivity index is 2.00. The molecule has 1 atom stereocenters. The minimum Gasteiger partial charge on any atom is -0.507 e. The maximum Gasteiger partial charge on any atom is 0.300 e. The predicted molar refractivity (Wildman–Crippen MR) is 138 cm³/mol. The normalized spacial score (nSPS) is 16.8. The third-order valence-corrected chi connectivity index (χ3v) is 7.30. The molecular weight excluding hydrogens is 506 g/mol. The summed E-state index contributed by atoms with van der Waals surface area (Å²) in [5.74, 6) is -0.619. The van der Waals surface area contributed by atoms with Gasteiger partial charge < -0.3 is 24.1 Å². The number of thiophene rings is 1. The molecular formula is C26H24ClNO7S. The lowest BCUT2D eigenvalue weighted by Crippen LogP contribution is -2.29. The number of aryl methyl sites for hydroxylation is 1. The molecule has 1 unspecified atom stereocenters. The largest absolute Gasteiger partial charge is 0.507 e. The molecule has 0 saturated carbocycles. The molecule has 1 aliphatic rings. The Morgan fingerprint density at radius 2 is 1.58 bits per heavy atom. The molecule has 10 heteroatoms. The number of rotatable bonds is 7. The second-order valence-electron chi connectivity index (χ2n) is 7.89. The molecule has 1 N–H and O–H groups in total. The van der Waals surface area contributed by atoms with Crippen LogP contribution in [0.1, 0.15) is 22.0 Å². The second kappa shape index (κ2) is 10.1. The average Bonchev–Trinajstić information content (AvgIpc) is 3.42. The number of hydrogen-bond donors (Lipinski definition) is 1. The zero-order valence-electron chi connectivity index (χ0n) is 20.2. The molecule has 1 saturated heterocycles. The first kappa shape index (κ1) is 25.4. The van der Waals surface area contributed by atoms with E-state index in [2.05, 4.69) is 0 Å². The number of anilines is 1. The topological polar surface area (TPSA) is 94.5 Å². The van der Waals surface area contributed by atoms with Gasteiger partial charge in [0.1, 0.15) is 34.8 Å². The van der Waals surface area contributed by atoms with E-state index in [-0.39, 0.29) is 21.9 Å². The van der Waals surface area contributed by atoms with Crippen molar-refractivity contribution in [3.63, 3.8) is 0 Å². The lowest BCUT2D eigenvalue weighted by molar-refractivity contribution is -0.132. The van der Waals surface area contributed by atoms with E-state index >= 15 is 0 Å². The van der Waals surface area contributed by atoms with Crippen LogP contribution in [0.25, 0.3) is 5.76 Å². The molecule has 8 nitrogen and oxygen atoms in total. The average molecular weight is 530 g/mol. The van der Waals surface area contributed by atoms with Gasteiger partial charge >= 0.3 is 0 Å². The highest BCUT2D eigenvalue weighted by molar-refractivity contribution is 7.10. The molecule has 0 radical (unpaired) electrons. The molecule has 188 valence electrons. The highest BCUT2D eigenvalue weighted by Gasteiger charge is 2.48. The van der Waals surface area contributed by atoms with Crippen molar-refractivity contribution in [2.24, 2.45) is 0 Å². The van der Waals surface area contributed by atoms with Crippen LogP contribution in [0.3, 0.4) is 0 Å². The first-order valence-corrected chi connectivity index (χ1v) is 12.0. The molecule has 1 amide bonds. The van der Waals surface area contributed by atoms with Crippen molar-refractivity contribution in [1.29, 1.82) is 0 Å². The van der Waals surface area contributed by atoms with Crippen molar-refractivity contribution in [2.75, 3.05) is 33.3 Å². The molecule has 36 heavy (non-hydrogen) atoms. The molecule has 0 spiro atoms. The van der Waals surface area contributed by atoms with Crippen molar-refractivity contribution in [2.45, 2.75) is 13.0 Å². The number of benzene rings is 2. The number of carbonyl (C=O) groups excluding carboxylic acids is 2. The van der Waals surface area contributed by atoms with Crippen LogP contribution in [-0.2, 0) is 9.59 Å². The lowest BCUT2D eigenvalue weighted by Gasteiger charge is -2.26. The van der Waals surface area contributed by atoms with E-state index in [0.29, 0.717) is 22.9 Å². The predicted octanol–water partition coefficient (Wildman–Crippen LogP) is 5.37. The summed E-state index contributed by atoms with van der Waals surface area (Å²) in [6.45, 7) is 1.88. The summed E-state index contributed by atoms with van der Waals surface area (Å²) in [7, 11) is 5.86. The van der Waals surface area contributed by atoms with Gasteiger partial charge in [0.05, 0.1) is 50.3 Å². The molecule has 1 aliphatic heterocycles. The highest BCUT2D eigenvalue weighted by Crippen LogP contribution is 2.47. The molecule has 0 aliphatic carbocycles. The number of Topliss-reactive ketones (excluding diaryl/α,β-unsaturated/α-hetero) is 1. The van der Waals surface area contributed by atoms with Crippen molar-refractivity contribution in [3.8, 4) is 23.0 Å². The van der Waals surface area contributed by atoms with Crippen LogP contribution in [0.5, 0.6) is 23.0 Å². The quantitative estimate of drug-likeness (QED) is 0.250. The Morgan fingerprint density at radius 1 is 0.944 bits per heavy atom. The molecule has 1 aromatic heterocycles. The van der Waals surface area contributed by atoms with E-state index in [4.69, 9.17) is 30.5 Å². The Hall–Kier alpha value is -3.69. The van der Waals surface area contributed by atoms with Crippen LogP contribution in [0.15, 0.2) is 47.4 Å². The fourth-order valence-corrected chi connectivity index (χ4v) is 5.40. The van der Waals surface area contributed by atoms with Gasteiger partial charge in [0, 0.05) is 29.1 Å². The number of aliphatic hydroxyl groups is 1. The van der Waals surface area contributed by atoms with E-state index in [1.807, 2.05) is 18.4 Å². The van der Waals surface area contributed by atoms with Gasteiger partial charge in [-0.25, -0.2) is 0 Å². The van der Waals surface area contributed by atoms with Gasteiger partial charge in [-0.3, -0.25) is 14.5 Å². The number of aliphatic hydroxyl groups excluding tert-OH is 1. The summed E-state index contributed by atoms with van der Waals surface area (Å²) in [5, 5.41) is 13.6. The monoisotopic (exact) mass is 529 g/mol. The number of nitrogens with zero attached hydrogens (tertiary/aromatic N) is 1. The van der Waals surface area contributed by atoms with Crippen LogP contribution in [0.4, 0.5) is 5.69 Å². The van der Waals surface area contributed by atoms with Gasteiger partial charge in [0.25, 0.3) is 11.7 Å². The molecule has 2 aromatic carbocycles. The molecule has 3 aromatic rings. The first-order valence-electron chi connectivity index (χ1n) is 10.8. The SMILES string of the molecule is COc1cc(OC)cc(N2C(=O)C(=O)/C(=C(/O)c3cc(Cl)c(OC)cc3OC)C2c2sccc2C)c1. The Kier molecular flexibility index (Phi) is 7.14. The standard InChI is InChI=1S/C26H24ClNO7S/c1-13-6-7-36-25(13)22-21(23(29)17-11-18(27)20(35-5)12-19(17)34-4)24(30)26(31)28(22)14-8-15(32-2)10-16(9-14)33-3/h6-12,22,29H,1-5H3/b23-21+. The van der Waals surface area contributed by atoms with Crippen LogP contribution in [0.2, 0.25) is 5.02 Å². The summed E-state index contributed by atoms with van der Waals surface area (Å²) in [6.07, 6.45) is 0. The number of halogens is 1. The van der Waals surface area contributed by atoms with Gasteiger partial charge in [-0.2, -0.15) is 0 Å². The number of methoxy groups -OCH3 is 4. The summed E-state index contributed by atoms with van der Waals surface area (Å²) >= 11 is 7.70. The minimum atomic E-state index is -0.910. The van der Waals surface area contributed by atoms with Gasteiger partial charge in [0.15, 0.2) is 0 Å². The van der Waals surface area contributed by atoms with Crippen molar-refractivity contribution in [3.05, 3.63) is 68.4 Å². The van der Waals surface area contributed by atoms with E-state index in [9.17, 15) is 14.7 Å². The Bertz CT molecular complexity index is 1360. The van der Waals surface area contributed by atoms with Crippen LogP contribution >= 0.6 is 22.9 Å². The Morgan fingerprint density at radius 3 is 2.11 bits per heavy atom. The van der Waals surface area contributed by atoms with Gasteiger partial charge in [-0.1, -0.05) is 11.6 Å². The first-order chi connectivity index (χ1) is 17.2. The number of carbonyl (C=O) groups is 2. The third kappa shape index (κ3) is 4.25. The van der Waals surface area contributed by atoms with Crippen LogP contribution in [0, 0.1) is 6.92 Å². The van der Waals surface area contributed by atoms with E-state index in [1.54, 1.807) is 18.2 Å². The Labute approximate surface area is 217 Å². The summed E-state index contributed by atoms with van der Waals surface area (Å²) in [5.41, 5.74) is 1.30. The molecule has 4 rings (SSSR count). The lowest BCUT2D eigenvalue weighted by atomic mass is 9.97. The fourth-order valence-electron chi connectivity index (χ4n) is 4.13. The number of ketones is 1. The van der Waals surface area contributed by atoms with E-state index < -0.39 is 23.5 Å². The number of ether oxygens (including phenoxy) is 4. The van der Waals surface area contributed by atoms with Gasteiger partial charge in [-0.05, 0) is 30.0 Å². The van der Waals surface area contributed by atoms with Crippen molar-refractivity contribution >= 4 is 46.1 Å². The highest BCUT2D eigenvalue weighted by atomic mass is 35.5. The fraction of sp³-hybridized carbons (Fsp3) is 0.231. The molecule has 1 fully saturated rings. The summed E-state index contributed by atoms with van der Waals surface area (Å²) < 4.78 is 21.4. The minimum absolute atomic E-state index is 0.0909. The smallest absolute Gasteiger partial charge is 0.300 e. The third-order valence-electron chi connectivity index (χ3n) is 5.94. The summed E-state index contributed by atoms with van der Waals surface area (Å²) in [6, 6.07) is 8.85. The second-order valence-corrected chi connectivity index (χ2v) is 9.25. The van der Waals surface area contributed by atoms with Crippen molar-refractivity contribution < 1.29 is 33.6 Å². The zero-order chi connectivity index (χ0) is 26.1. The van der Waals surface area contributed by atoms with Crippen molar-refractivity contribution in [1.82, 2.24) is 0 Å². The summed E-state index contributed by atoms with van der Waals surface area (Å²) in [4.78, 5) is 29.0. The van der Waals surface area contributed by atoms with Crippen LogP contribution in [-0.4, -0.2) is 45.2 Å². The molecule has 0 bridgehead atoms. The number of hydrogen-bond acceptors (Lipinski definition) is 8. The maximum atomic E-state index is 13.5. The van der Waals surface area contributed by atoms with Gasteiger partial charge in [0.2, 0.25) is 0 Å². The molecule has 2 heterocycles. The van der Waals surface area contributed by atoms with E-state index in [1.165, 1.54) is 56.8 Å². The maximum absolute atomic E-state index is 13.5.